The van der Waals surface area contributed by atoms with Crippen LogP contribution in [0.1, 0.15) is 55.6 Å². The molecule has 0 radical (unpaired) electrons. The van der Waals surface area contributed by atoms with Crippen molar-refractivity contribution >= 4 is 29.1 Å². The highest BCUT2D eigenvalue weighted by molar-refractivity contribution is 7.12. The van der Waals surface area contributed by atoms with Crippen molar-refractivity contribution in [3.63, 3.8) is 0 Å². The van der Waals surface area contributed by atoms with Gasteiger partial charge in [-0.25, -0.2) is 0 Å². The highest BCUT2D eigenvalue weighted by atomic mass is 32.1. The molecule has 1 fully saturated rings. The zero-order valence-electron chi connectivity index (χ0n) is 14.7. The predicted octanol–water partition coefficient (Wildman–Crippen LogP) is 2.65. The monoisotopic (exact) mass is 366 g/mol. The van der Waals surface area contributed by atoms with Crippen molar-refractivity contribution < 1.29 is 19.5 Å². The normalized spacial score (nSPS) is 17.7. The molecule has 1 aromatic heterocycles. The first-order chi connectivity index (χ1) is 11.9. The van der Waals surface area contributed by atoms with Gasteiger partial charge in [-0.15, -0.1) is 11.3 Å². The van der Waals surface area contributed by atoms with Gasteiger partial charge in [-0.1, -0.05) is 39.2 Å². The molecule has 0 spiro atoms. The van der Waals surface area contributed by atoms with Gasteiger partial charge in [0.1, 0.15) is 6.04 Å². The van der Waals surface area contributed by atoms with Gasteiger partial charge >= 0.3 is 5.97 Å². The van der Waals surface area contributed by atoms with Crippen LogP contribution in [0.3, 0.4) is 0 Å². The maximum Gasteiger partial charge on any atom is 0.311 e. The highest BCUT2D eigenvalue weighted by Gasteiger charge is 2.40. The van der Waals surface area contributed by atoms with Crippen LogP contribution in [0.15, 0.2) is 17.5 Å². The molecular weight excluding hydrogens is 340 g/mol. The van der Waals surface area contributed by atoms with Crippen molar-refractivity contribution in [3.05, 3.63) is 22.4 Å². The van der Waals surface area contributed by atoms with Crippen molar-refractivity contribution in [1.82, 2.24) is 10.6 Å². The standard InChI is InChI=1S/C18H26N2O4S/c1-12(2)14(20-15(21)13-7-6-10-25-13)16(22)19-11-18(17(23)24)8-4-3-5-9-18/h6-7,10,12,14H,3-5,8-9,11H2,1-2H3,(H,19,22)(H,20,21)(H,23,24). The van der Waals surface area contributed by atoms with Gasteiger partial charge in [0.15, 0.2) is 0 Å². The lowest BCUT2D eigenvalue weighted by atomic mass is 9.74. The molecule has 3 N–H and O–H groups in total. The third kappa shape index (κ3) is 4.81. The third-order valence-electron chi connectivity index (χ3n) is 4.85. The molecule has 2 rings (SSSR count). The molecule has 138 valence electrons. The van der Waals surface area contributed by atoms with E-state index >= 15 is 0 Å². The Balaban J connectivity index is 2.00. The highest BCUT2D eigenvalue weighted by Crippen LogP contribution is 2.36. The summed E-state index contributed by atoms with van der Waals surface area (Å²) in [5.74, 6) is -1.56. The Kier molecular flexibility index (Phi) is 6.58. The molecule has 1 heterocycles. The van der Waals surface area contributed by atoms with Crippen molar-refractivity contribution in [2.45, 2.75) is 52.0 Å². The zero-order chi connectivity index (χ0) is 18.4. The molecule has 1 atom stereocenters. The van der Waals surface area contributed by atoms with Crippen molar-refractivity contribution in [2.24, 2.45) is 11.3 Å². The Morgan fingerprint density at radius 3 is 2.44 bits per heavy atom. The number of aliphatic carboxylic acids is 1. The number of nitrogens with one attached hydrogen (secondary N) is 2. The van der Waals surface area contributed by atoms with E-state index in [2.05, 4.69) is 10.6 Å². The molecule has 1 saturated carbocycles. The molecular formula is C18H26N2O4S. The molecule has 1 aliphatic rings. The molecule has 25 heavy (non-hydrogen) atoms. The van der Waals surface area contributed by atoms with E-state index in [4.69, 9.17) is 0 Å². The van der Waals surface area contributed by atoms with Gasteiger partial charge in [-0.3, -0.25) is 14.4 Å². The topological polar surface area (TPSA) is 95.5 Å². The van der Waals surface area contributed by atoms with Crippen LogP contribution in [0.4, 0.5) is 0 Å². The lowest BCUT2D eigenvalue weighted by molar-refractivity contribution is -0.151. The van der Waals surface area contributed by atoms with Crippen LogP contribution < -0.4 is 10.6 Å². The van der Waals surface area contributed by atoms with Crippen molar-refractivity contribution in [2.75, 3.05) is 6.54 Å². The van der Waals surface area contributed by atoms with E-state index in [1.165, 1.54) is 11.3 Å². The lowest BCUT2D eigenvalue weighted by Gasteiger charge is -2.34. The van der Waals surface area contributed by atoms with E-state index in [0.717, 1.165) is 19.3 Å². The summed E-state index contributed by atoms with van der Waals surface area (Å²) in [6, 6.07) is 2.80. The molecule has 7 heteroatoms. The lowest BCUT2D eigenvalue weighted by Crippen LogP contribution is -2.53. The number of thiophene rings is 1. The summed E-state index contributed by atoms with van der Waals surface area (Å²) in [4.78, 5) is 37.1. The summed E-state index contributed by atoms with van der Waals surface area (Å²) in [6.07, 6.45) is 3.93. The van der Waals surface area contributed by atoms with E-state index in [-0.39, 0.29) is 24.3 Å². The molecule has 0 bridgehead atoms. The predicted molar refractivity (Wildman–Crippen MR) is 96.6 cm³/mol. The van der Waals surface area contributed by atoms with E-state index < -0.39 is 17.4 Å². The summed E-state index contributed by atoms with van der Waals surface area (Å²) in [5, 5.41) is 16.9. The Morgan fingerprint density at radius 2 is 1.92 bits per heavy atom. The number of rotatable bonds is 7. The van der Waals surface area contributed by atoms with Gasteiger partial charge in [0.2, 0.25) is 5.91 Å². The molecule has 0 aliphatic heterocycles. The fourth-order valence-corrected chi connectivity index (χ4v) is 3.84. The molecule has 0 aromatic carbocycles. The van der Waals surface area contributed by atoms with Crippen molar-refractivity contribution in [1.29, 1.82) is 0 Å². The van der Waals surface area contributed by atoms with E-state index in [0.29, 0.717) is 17.7 Å². The molecule has 1 aromatic rings. The van der Waals surface area contributed by atoms with Crippen LogP contribution in [0, 0.1) is 11.3 Å². The maximum atomic E-state index is 12.6. The number of hydrogen-bond donors (Lipinski definition) is 3. The van der Waals surface area contributed by atoms with E-state index in [1.54, 1.807) is 17.5 Å². The van der Waals surface area contributed by atoms with Gasteiger partial charge in [0.05, 0.1) is 10.3 Å². The molecule has 0 saturated heterocycles. The summed E-state index contributed by atoms with van der Waals surface area (Å²) < 4.78 is 0. The van der Waals surface area contributed by atoms with Gasteiger partial charge < -0.3 is 15.7 Å². The second-order valence-corrected chi connectivity index (χ2v) is 7.98. The molecule has 6 nitrogen and oxygen atoms in total. The number of carboxylic acids is 1. The largest absolute Gasteiger partial charge is 0.481 e. The van der Waals surface area contributed by atoms with Gasteiger partial charge in [0, 0.05) is 6.54 Å². The Hall–Kier alpha value is -1.89. The Morgan fingerprint density at radius 1 is 1.24 bits per heavy atom. The van der Waals surface area contributed by atoms with Crippen LogP contribution in [-0.4, -0.2) is 35.5 Å². The first kappa shape index (κ1) is 19.4. The Labute approximate surface area is 152 Å². The first-order valence-electron chi connectivity index (χ1n) is 8.71. The number of hydrogen-bond acceptors (Lipinski definition) is 4. The third-order valence-corrected chi connectivity index (χ3v) is 5.71. The summed E-state index contributed by atoms with van der Waals surface area (Å²) in [6.45, 7) is 3.82. The van der Waals surface area contributed by atoms with Crippen molar-refractivity contribution in [3.8, 4) is 0 Å². The summed E-state index contributed by atoms with van der Waals surface area (Å²) in [7, 11) is 0. The van der Waals surface area contributed by atoms with Gasteiger partial charge in [-0.2, -0.15) is 0 Å². The van der Waals surface area contributed by atoms with Crippen LogP contribution in [0.25, 0.3) is 0 Å². The first-order valence-corrected chi connectivity index (χ1v) is 9.59. The molecule has 1 aliphatic carbocycles. The SMILES string of the molecule is CC(C)C(NC(=O)c1cccs1)C(=O)NCC1(C(=O)O)CCCCC1. The fourth-order valence-electron chi connectivity index (χ4n) is 3.22. The minimum absolute atomic E-state index is 0.101. The smallest absolute Gasteiger partial charge is 0.311 e. The van der Waals surface area contributed by atoms with Gasteiger partial charge in [-0.05, 0) is 30.2 Å². The number of carbonyl (C=O) groups excluding carboxylic acids is 2. The number of carbonyl (C=O) groups is 3. The van der Waals surface area contributed by atoms with E-state index in [1.807, 2.05) is 13.8 Å². The van der Waals surface area contributed by atoms with Gasteiger partial charge in [0.25, 0.3) is 5.91 Å². The Bertz CT molecular complexity index is 607. The average molecular weight is 366 g/mol. The number of amides is 2. The summed E-state index contributed by atoms with van der Waals surface area (Å²) >= 11 is 1.31. The zero-order valence-corrected chi connectivity index (χ0v) is 15.5. The summed E-state index contributed by atoms with van der Waals surface area (Å²) in [5.41, 5.74) is -0.882. The second kappa shape index (κ2) is 8.47. The van der Waals surface area contributed by atoms with Crippen LogP contribution in [0.2, 0.25) is 0 Å². The van der Waals surface area contributed by atoms with Crippen LogP contribution in [0.5, 0.6) is 0 Å². The van der Waals surface area contributed by atoms with Crippen LogP contribution in [-0.2, 0) is 9.59 Å². The second-order valence-electron chi connectivity index (χ2n) is 7.04. The minimum atomic E-state index is -0.882. The fraction of sp³-hybridized carbons (Fsp3) is 0.611. The van der Waals surface area contributed by atoms with Crippen LogP contribution >= 0.6 is 11.3 Å². The maximum absolute atomic E-state index is 12.6. The minimum Gasteiger partial charge on any atom is -0.481 e. The number of carboxylic acid groups (broad SMARTS) is 1. The quantitative estimate of drug-likeness (QED) is 0.691. The molecule has 2 amide bonds. The van der Waals surface area contributed by atoms with E-state index in [9.17, 15) is 19.5 Å². The molecule has 1 unspecified atom stereocenters. The average Bonchev–Trinajstić information content (AvgIpc) is 3.12.